The highest BCUT2D eigenvalue weighted by atomic mass is 79.9. The third-order valence-electron chi connectivity index (χ3n) is 3.04. The summed E-state index contributed by atoms with van der Waals surface area (Å²) in [5, 5.41) is 2.77. The summed E-state index contributed by atoms with van der Waals surface area (Å²) in [6, 6.07) is 4.25. The minimum atomic E-state index is -0.531. The Bertz CT molecular complexity index is 521. The second-order valence-electron chi connectivity index (χ2n) is 4.56. The van der Waals surface area contributed by atoms with Gasteiger partial charge in [0.05, 0.1) is 5.56 Å². The fourth-order valence-corrected chi connectivity index (χ4v) is 2.54. The fraction of sp³-hybridized carbons (Fsp3) is 0.385. The number of carbonyl (C=O) groups is 2. The van der Waals surface area contributed by atoms with Gasteiger partial charge >= 0.3 is 0 Å². The fourth-order valence-electron chi connectivity index (χ4n) is 2.18. The molecule has 0 saturated carbocycles. The summed E-state index contributed by atoms with van der Waals surface area (Å²) in [5.74, 6) is -0.990. The Labute approximate surface area is 119 Å². The van der Waals surface area contributed by atoms with Gasteiger partial charge < -0.3 is 10.2 Å². The monoisotopic (exact) mass is 328 g/mol. The van der Waals surface area contributed by atoms with Crippen LogP contribution in [0, 0.1) is 5.82 Å². The van der Waals surface area contributed by atoms with Crippen LogP contribution >= 0.6 is 15.9 Å². The molecule has 0 aromatic heterocycles. The topological polar surface area (TPSA) is 49.4 Å². The van der Waals surface area contributed by atoms with Crippen LogP contribution in [0.2, 0.25) is 0 Å². The highest BCUT2D eigenvalue weighted by molar-refractivity contribution is 9.10. The molecule has 1 aliphatic rings. The number of hydrogen-bond acceptors (Lipinski definition) is 2. The molecule has 1 saturated heterocycles. The number of halogens is 2. The van der Waals surface area contributed by atoms with Crippen molar-refractivity contribution in [2.75, 3.05) is 13.1 Å². The lowest BCUT2D eigenvalue weighted by Gasteiger charge is -2.17. The first-order chi connectivity index (χ1) is 8.97. The number of nitrogens with zero attached hydrogens (tertiary/aromatic N) is 1. The molecule has 2 amide bonds. The highest BCUT2D eigenvalue weighted by Gasteiger charge is 2.28. The van der Waals surface area contributed by atoms with Crippen LogP contribution in [-0.4, -0.2) is 35.8 Å². The molecule has 0 bridgehead atoms. The molecule has 102 valence electrons. The molecular formula is C13H14BrFN2O2. The maximum absolute atomic E-state index is 13.6. The van der Waals surface area contributed by atoms with Gasteiger partial charge in [0.2, 0.25) is 5.91 Å². The quantitative estimate of drug-likeness (QED) is 0.901. The van der Waals surface area contributed by atoms with Gasteiger partial charge in [0.15, 0.2) is 0 Å². The number of nitrogens with one attached hydrogen (secondary N) is 1. The lowest BCUT2D eigenvalue weighted by molar-refractivity contribution is -0.119. The van der Waals surface area contributed by atoms with Gasteiger partial charge in [-0.15, -0.1) is 0 Å². The van der Waals surface area contributed by atoms with Crippen molar-refractivity contribution in [1.29, 1.82) is 0 Å². The Hall–Kier alpha value is -1.43. The van der Waals surface area contributed by atoms with Crippen molar-refractivity contribution < 1.29 is 14.0 Å². The third kappa shape index (κ3) is 3.32. The van der Waals surface area contributed by atoms with E-state index >= 15 is 0 Å². The van der Waals surface area contributed by atoms with Gasteiger partial charge in [-0.05, 0) is 24.6 Å². The molecule has 1 atom stereocenters. The second-order valence-corrected chi connectivity index (χ2v) is 5.48. The first kappa shape index (κ1) is 14.0. The SMILES string of the molecule is CC(=O)NC1CCN(C(=O)c2cc(Br)ccc2F)C1. The summed E-state index contributed by atoms with van der Waals surface area (Å²) in [5.41, 5.74) is 0.0536. The van der Waals surface area contributed by atoms with E-state index in [0.29, 0.717) is 24.0 Å². The van der Waals surface area contributed by atoms with E-state index in [1.54, 1.807) is 11.0 Å². The molecule has 1 aromatic carbocycles. The van der Waals surface area contributed by atoms with Crippen LogP contribution in [0.5, 0.6) is 0 Å². The van der Waals surface area contributed by atoms with E-state index in [2.05, 4.69) is 21.2 Å². The second kappa shape index (κ2) is 5.69. The van der Waals surface area contributed by atoms with Crippen LogP contribution in [0.15, 0.2) is 22.7 Å². The van der Waals surface area contributed by atoms with Crippen LogP contribution in [0.1, 0.15) is 23.7 Å². The van der Waals surface area contributed by atoms with Crippen LogP contribution in [0.4, 0.5) is 4.39 Å². The average molecular weight is 329 g/mol. The molecule has 1 fully saturated rings. The molecule has 1 heterocycles. The smallest absolute Gasteiger partial charge is 0.256 e. The minimum Gasteiger partial charge on any atom is -0.352 e. The molecule has 19 heavy (non-hydrogen) atoms. The van der Waals surface area contributed by atoms with Crippen LogP contribution in [0.25, 0.3) is 0 Å². The van der Waals surface area contributed by atoms with Gasteiger partial charge in [-0.25, -0.2) is 4.39 Å². The molecule has 0 radical (unpaired) electrons. The summed E-state index contributed by atoms with van der Waals surface area (Å²) in [7, 11) is 0. The van der Waals surface area contributed by atoms with E-state index in [0.717, 1.165) is 0 Å². The largest absolute Gasteiger partial charge is 0.352 e. The Kier molecular flexibility index (Phi) is 4.19. The van der Waals surface area contributed by atoms with E-state index in [4.69, 9.17) is 0 Å². The molecule has 2 rings (SSSR count). The van der Waals surface area contributed by atoms with Crippen LogP contribution in [-0.2, 0) is 4.79 Å². The standard InChI is InChI=1S/C13H14BrFN2O2/c1-8(18)16-10-4-5-17(7-10)13(19)11-6-9(14)2-3-12(11)15/h2-3,6,10H,4-5,7H2,1H3,(H,16,18). The molecule has 6 heteroatoms. The van der Waals surface area contributed by atoms with Crippen molar-refractivity contribution in [3.8, 4) is 0 Å². The number of rotatable bonds is 2. The predicted molar refractivity (Wildman–Crippen MR) is 72.2 cm³/mol. The van der Waals surface area contributed by atoms with Crippen LogP contribution in [0.3, 0.4) is 0 Å². The molecule has 0 aliphatic carbocycles. The molecule has 1 N–H and O–H groups in total. The number of hydrogen-bond donors (Lipinski definition) is 1. The van der Waals surface area contributed by atoms with Gasteiger partial charge in [-0.2, -0.15) is 0 Å². The zero-order valence-electron chi connectivity index (χ0n) is 10.5. The Morgan fingerprint density at radius 3 is 2.89 bits per heavy atom. The summed E-state index contributed by atoms with van der Waals surface area (Å²) >= 11 is 3.22. The molecule has 1 aliphatic heterocycles. The van der Waals surface area contributed by atoms with Gasteiger partial charge in [0.1, 0.15) is 5.82 Å². The van der Waals surface area contributed by atoms with Crippen molar-refractivity contribution in [3.05, 3.63) is 34.1 Å². The lowest BCUT2D eigenvalue weighted by atomic mass is 10.2. The molecule has 1 aromatic rings. The van der Waals surface area contributed by atoms with Gasteiger partial charge in [-0.1, -0.05) is 15.9 Å². The maximum atomic E-state index is 13.6. The van der Waals surface area contributed by atoms with E-state index in [-0.39, 0.29) is 23.4 Å². The molecule has 1 unspecified atom stereocenters. The van der Waals surface area contributed by atoms with E-state index in [9.17, 15) is 14.0 Å². The van der Waals surface area contributed by atoms with Crippen molar-refractivity contribution in [2.24, 2.45) is 0 Å². The zero-order chi connectivity index (χ0) is 14.0. The summed E-state index contributed by atoms with van der Waals surface area (Å²) in [4.78, 5) is 24.7. The van der Waals surface area contributed by atoms with Crippen molar-refractivity contribution in [2.45, 2.75) is 19.4 Å². The van der Waals surface area contributed by atoms with Crippen molar-refractivity contribution in [3.63, 3.8) is 0 Å². The Morgan fingerprint density at radius 2 is 2.21 bits per heavy atom. The molecular weight excluding hydrogens is 315 g/mol. The van der Waals surface area contributed by atoms with E-state index in [1.807, 2.05) is 0 Å². The van der Waals surface area contributed by atoms with Crippen molar-refractivity contribution in [1.82, 2.24) is 10.2 Å². The third-order valence-corrected chi connectivity index (χ3v) is 3.53. The number of amides is 2. The highest BCUT2D eigenvalue weighted by Crippen LogP contribution is 2.19. The van der Waals surface area contributed by atoms with E-state index < -0.39 is 5.82 Å². The number of benzene rings is 1. The normalized spacial score (nSPS) is 18.5. The number of likely N-dealkylation sites (tertiary alicyclic amines) is 1. The Balaban J connectivity index is 2.09. The van der Waals surface area contributed by atoms with Crippen LogP contribution < -0.4 is 5.32 Å². The van der Waals surface area contributed by atoms with Gasteiger partial charge in [0, 0.05) is 30.5 Å². The minimum absolute atomic E-state index is 0.0448. The number of carbonyl (C=O) groups excluding carboxylic acids is 2. The van der Waals surface area contributed by atoms with Crippen molar-refractivity contribution >= 4 is 27.7 Å². The maximum Gasteiger partial charge on any atom is 0.256 e. The first-order valence-corrected chi connectivity index (χ1v) is 6.78. The van der Waals surface area contributed by atoms with Gasteiger partial charge in [-0.3, -0.25) is 9.59 Å². The summed E-state index contributed by atoms with van der Waals surface area (Å²) < 4.78 is 14.3. The summed E-state index contributed by atoms with van der Waals surface area (Å²) in [6.45, 7) is 2.39. The van der Waals surface area contributed by atoms with Gasteiger partial charge in [0.25, 0.3) is 5.91 Å². The zero-order valence-corrected chi connectivity index (χ0v) is 12.0. The first-order valence-electron chi connectivity index (χ1n) is 5.99. The molecule has 0 spiro atoms. The predicted octanol–water partition coefficient (Wildman–Crippen LogP) is 1.94. The Morgan fingerprint density at radius 1 is 1.47 bits per heavy atom. The lowest BCUT2D eigenvalue weighted by Crippen LogP contribution is -2.37. The molecule has 4 nitrogen and oxygen atoms in total. The summed E-state index contributed by atoms with van der Waals surface area (Å²) in [6.07, 6.45) is 0.695. The van der Waals surface area contributed by atoms with E-state index in [1.165, 1.54) is 19.1 Å². The average Bonchev–Trinajstić information content (AvgIpc) is 2.79.